The normalized spacial score (nSPS) is 14.9. The molecule has 1 aromatic heterocycles. The van der Waals surface area contributed by atoms with Crippen LogP contribution in [0.2, 0.25) is 0 Å². The maximum Gasteiger partial charge on any atom is 0.246 e. The van der Waals surface area contributed by atoms with E-state index in [1.807, 2.05) is 76.5 Å². The van der Waals surface area contributed by atoms with Crippen LogP contribution in [-0.2, 0) is 4.79 Å². The number of rotatable bonds is 5. The zero-order chi connectivity index (χ0) is 20.9. The fourth-order valence-corrected chi connectivity index (χ4v) is 3.57. The highest BCUT2D eigenvalue weighted by atomic mass is 16.5. The number of piperazine rings is 1. The van der Waals surface area contributed by atoms with Crippen molar-refractivity contribution in [1.29, 1.82) is 0 Å². The molecular formula is C24H26N4O2. The van der Waals surface area contributed by atoms with E-state index < -0.39 is 0 Å². The summed E-state index contributed by atoms with van der Waals surface area (Å²) in [6.45, 7) is 3.31. The molecule has 6 nitrogen and oxygen atoms in total. The first kappa shape index (κ1) is 19.9. The molecule has 0 bridgehead atoms. The van der Waals surface area contributed by atoms with Crippen LogP contribution in [0.1, 0.15) is 5.56 Å². The minimum absolute atomic E-state index is 0.0292. The predicted octanol–water partition coefficient (Wildman–Crippen LogP) is 3.34. The van der Waals surface area contributed by atoms with Crippen molar-refractivity contribution in [3.63, 3.8) is 0 Å². The average molecular weight is 402 g/mol. The van der Waals surface area contributed by atoms with Crippen LogP contribution >= 0.6 is 0 Å². The predicted molar refractivity (Wildman–Crippen MR) is 119 cm³/mol. The van der Waals surface area contributed by atoms with E-state index in [-0.39, 0.29) is 5.91 Å². The Hall–Kier alpha value is -3.38. The Bertz CT molecular complexity index is 1030. The van der Waals surface area contributed by atoms with Gasteiger partial charge in [-0.1, -0.05) is 30.3 Å². The fraction of sp³-hybridized carbons (Fsp3) is 0.250. The smallest absolute Gasteiger partial charge is 0.246 e. The lowest BCUT2D eigenvalue weighted by molar-refractivity contribution is -0.127. The highest BCUT2D eigenvalue weighted by Gasteiger charge is 2.18. The Kier molecular flexibility index (Phi) is 5.95. The third-order valence-electron chi connectivity index (χ3n) is 5.35. The van der Waals surface area contributed by atoms with Gasteiger partial charge in [0.05, 0.1) is 12.8 Å². The molecule has 0 radical (unpaired) electrons. The fourth-order valence-electron chi connectivity index (χ4n) is 3.57. The number of hydrogen-bond donors (Lipinski definition) is 0. The highest BCUT2D eigenvalue weighted by molar-refractivity contribution is 5.93. The first-order valence-electron chi connectivity index (χ1n) is 10.1. The lowest BCUT2D eigenvalue weighted by atomic mass is 10.1. The highest BCUT2D eigenvalue weighted by Crippen LogP contribution is 2.32. The van der Waals surface area contributed by atoms with Gasteiger partial charge in [-0.15, -0.1) is 0 Å². The molecule has 2 aromatic carbocycles. The third-order valence-corrected chi connectivity index (χ3v) is 5.35. The van der Waals surface area contributed by atoms with Gasteiger partial charge in [-0.2, -0.15) is 5.10 Å². The summed E-state index contributed by atoms with van der Waals surface area (Å²) in [6.07, 6.45) is 5.45. The van der Waals surface area contributed by atoms with E-state index >= 15 is 0 Å². The van der Waals surface area contributed by atoms with Crippen LogP contribution < -0.4 is 4.74 Å². The van der Waals surface area contributed by atoms with Crippen LogP contribution in [-0.4, -0.2) is 65.8 Å². The van der Waals surface area contributed by atoms with Gasteiger partial charge >= 0.3 is 0 Å². The van der Waals surface area contributed by atoms with Crippen LogP contribution in [0.15, 0.2) is 66.9 Å². The van der Waals surface area contributed by atoms with Crippen molar-refractivity contribution in [2.45, 2.75) is 0 Å². The molecule has 1 fully saturated rings. The first-order chi connectivity index (χ1) is 14.7. The molecule has 4 rings (SSSR count). The zero-order valence-corrected chi connectivity index (χ0v) is 17.4. The second-order valence-electron chi connectivity index (χ2n) is 7.38. The number of para-hydroxylation sites is 2. The van der Waals surface area contributed by atoms with Crippen LogP contribution in [0.3, 0.4) is 0 Å². The lowest BCUT2D eigenvalue weighted by Gasteiger charge is -2.31. The van der Waals surface area contributed by atoms with E-state index in [0.717, 1.165) is 54.4 Å². The molecule has 6 heteroatoms. The summed E-state index contributed by atoms with van der Waals surface area (Å²) in [5, 5.41) is 4.81. The summed E-state index contributed by atoms with van der Waals surface area (Å²) in [4.78, 5) is 16.8. The summed E-state index contributed by atoms with van der Waals surface area (Å²) >= 11 is 0. The molecule has 0 saturated carbocycles. The standard InChI is InChI=1S/C24H26N4O2/c1-26-14-16-27(17-15-26)23(29)13-12-19-18-28(20-8-4-3-5-9-20)25-24(19)21-10-6-7-11-22(21)30-2/h3-13,18H,14-17H2,1-2H3/b13-12+. The topological polar surface area (TPSA) is 50.6 Å². The molecule has 0 unspecified atom stereocenters. The first-order valence-corrected chi connectivity index (χ1v) is 10.1. The second-order valence-corrected chi connectivity index (χ2v) is 7.38. The van der Waals surface area contributed by atoms with Crippen molar-refractivity contribution in [2.24, 2.45) is 0 Å². The molecule has 30 heavy (non-hydrogen) atoms. The summed E-state index contributed by atoms with van der Waals surface area (Å²) in [5.74, 6) is 0.775. The number of likely N-dealkylation sites (N-methyl/N-ethyl adjacent to an activating group) is 1. The molecule has 1 amide bonds. The Labute approximate surface area is 177 Å². The van der Waals surface area contributed by atoms with Gasteiger partial charge in [-0.25, -0.2) is 4.68 Å². The van der Waals surface area contributed by atoms with E-state index in [1.54, 1.807) is 13.2 Å². The molecular weight excluding hydrogens is 376 g/mol. The molecule has 1 aliphatic heterocycles. The van der Waals surface area contributed by atoms with E-state index in [4.69, 9.17) is 9.84 Å². The van der Waals surface area contributed by atoms with Crippen molar-refractivity contribution < 1.29 is 9.53 Å². The Balaban J connectivity index is 1.69. The number of benzene rings is 2. The number of carbonyl (C=O) groups is 1. The third kappa shape index (κ3) is 4.28. The van der Waals surface area contributed by atoms with Gasteiger partial charge in [0.1, 0.15) is 11.4 Å². The van der Waals surface area contributed by atoms with Crippen LogP contribution in [0.25, 0.3) is 23.0 Å². The Morgan fingerprint density at radius 3 is 2.43 bits per heavy atom. The van der Waals surface area contributed by atoms with Gasteiger partial charge in [-0.05, 0) is 37.4 Å². The van der Waals surface area contributed by atoms with Crippen molar-refractivity contribution in [3.8, 4) is 22.7 Å². The number of hydrogen-bond acceptors (Lipinski definition) is 4. The molecule has 0 atom stereocenters. The summed E-state index contributed by atoms with van der Waals surface area (Å²) in [5.41, 5.74) is 3.49. The summed E-state index contributed by atoms with van der Waals surface area (Å²) in [6, 6.07) is 17.7. The number of aromatic nitrogens is 2. The van der Waals surface area contributed by atoms with Gasteiger partial charge in [0.25, 0.3) is 0 Å². The maximum atomic E-state index is 12.7. The molecule has 0 aliphatic carbocycles. The Morgan fingerprint density at radius 1 is 1.00 bits per heavy atom. The molecule has 1 aliphatic rings. The van der Waals surface area contributed by atoms with Gasteiger partial charge < -0.3 is 14.5 Å². The van der Waals surface area contributed by atoms with E-state index in [2.05, 4.69) is 11.9 Å². The average Bonchev–Trinajstić information content (AvgIpc) is 3.22. The van der Waals surface area contributed by atoms with E-state index in [9.17, 15) is 4.79 Å². The number of amides is 1. The second kappa shape index (κ2) is 8.97. The van der Waals surface area contributed by atoms with Crippen LogP contribution in [0, 0.1) is 0 Å². The maximum absolute atomic E-state index is 12.7. The van der Waals surface area contributed by atoms with Crippen LogP contribution in [0.4, 0.5) is 0 Å². The van der Waals surface area contributed by atoms with Crippen LogP contribution in [0.5, 0.6) is 5.75 Å². The van der Waals surface area contributed by atoms with Crippen molar-refractivity contribution in [3.05, 3.63) is 72.4 Å². The number of carbonyl (C=O) groups excluding carboxylic acids is 1. The molecule has 0 spiro atoms. The Morgan fingerprint density at radius 2 is 1.70 bits per heavy atom. The summed E-state index contributed by atoms with van der Waals surface area (Å²) < 4.78 is 7.38. The van der Waals surface area contributed by atoms with Gasteiger partial charge in [0.2, 0.25) is 5.91 Å². The minimum atomic E-state index is 0.0292. The molecule has 154 valence electrons. The number of methoxy groups -OCH3 is 1. The van der Waals surface area contributed by atoms with Gasteiger partial charge in [-0.3, -0.25) is 4.79 Å². The molecule has 3 aromatic rings. The lowest BCUT2D eigenvalue weighted by Crippen LogP contribution is -2.46. The zero-order valence-electron chi connectivity index (χ0n) is 17.4. The SMILES string of the molecule is COc1ccccc1-c1nn(-c2ccccc2)cc1/C=C/C(=O)N1CCN(C)CC1. The number of ether oxygens (including phenoxy) is 1. The van der Waals surface area contributed by atoms with E-state index in [1.165, 1.54) is 0 Å². The van der Waals surface area contributed by atoms with Crippen molar-refractivity contribution >= 4 is 12.0 Å². The molecule has 2 heterocycles. The number of nitrogens with zero attached hydrogens (tertiary/aromatic N) is 4. The molecule has 1 saturated heterocycles. The largest absolute Gasteiger partial charge is 0.496 e. The van der Waals surface area contributed by atoms with Crippen molar-refractivity contribution in [1.82, 2.24) is 19.6 Å². The minimum Gasteiger partial charge on any atom is -0.496 e. The molecule has 0 N–H and O–H groups in total. The van der Waals surface area contributed by atoms with Gasteiger partial charge in [0.15, 0.2) is 0 Å². The van der Waals surface area contributed by atoms with E-state index in [0.29, 0.717) is 0 Å². The van der Waals surface area contributed by atoms with Gasteiger partial charge in [0, 0.05) is 49.6 Å². The van der Waals surface area contributed by atoms with Crippen molar-refractivity contribution in [2.75, 3.05) is 40.3 Å². The quantitative estimate of drug-likeness (QED) is 0.615. The monoisotopic (exact) mass is 402 g/mol. The summed E-state index contributed by atoms with van der Waals surface area (Å²) in [7, 11) is 3.73.